The van der Waals surface area contributed by atoms with Gasteiger partial charge in [-0.3, -0.25) is 0 Å². The second-order valence-corrected chi connectivity index (χ2v) is 4.00. The van der Waals surface area contributed by atoms with Crippen molar-refractivity contribution in [1.29, 1.82) is 0 Å². The van der Waals surface area contributed by atoms with Gasteiger partial charge in [0, 0.05) is 0 Å². The van der Waals surface area contributed by atoms with E-state index in [1.165, 1.54) is 5.92 Å². The molecule has 0 bridgehead atoms. The molecule has 0 amide bonds. The van der Waals surface area contributed by atoms with Crippen LogP contribution in [0.4, 0.5) is 0 Å². The summed E-state index contributed by atoms with van der Waals surface area (Å²) >= 11 is 0. The van der Waals surface area contributed by atoms with Crippen molar-refractivity contribution < 1.29 is 0 Å². The van der Waals surface area contributed by atoms with Crippen LogP contribution in [-0.4, -0.2) is 0 Å². The van der Waals surface area contributed by atoms with Crippen LogP contribution in [0, 0.1) is 16.7 Å². The van der Waals surface area contributed by atoms with Gasteiger partial charge in [0.2, 0.25) is 0 Å². The van der Waals surface area contributed by atoms with Crippen LogP contribution in [-0.2, 0) is 0 Å². The Balaban J connectivity index is 2.19. The highest BCUT2D eigenvalue weighted by Crippen LogP contribution is 2.94. The van der Waals surface area contributed by atoms with Crippen LogP contribution in [0.2, 0.25) is 0 Å². The molecule has 3 rings (SSSR count). The van der Waals surface area contributed by atoms with Crippen molar-refractivity contribution in [3.63, 3.8) is 0 Å². The first-order chi connectivity index (χ1) is 3.27. The van der Waals surface area contributed by atoms with Crippen molar-refractivity contribution in [3.8, 4) is 0 Å². The summed E-state index contributed by atoms with van der Waals surface area (Å²) in [6, 6.07) is 0. The molecule has 3 fully saturated rings. The molecule has 0 aromatic carbocycles. The van der Waals surface area contributed by atoms with E-state index in [-0.39, 0.29) is 0 Å². The van der Waals surface area contributed by atoms with Crippen LogP contribution >= 0.6 is 0 Å². The van der Waals surface area contributed by atoms with Gasteiger partial charge in [-0.2, -0.15) is 0 Å². The van der Waals surface area contributed by atoms with Gasteiger partial charge in [0.1, 0.15) is 0 Å². The molecule has 0 N–H and O–H groups in total. The topological polar surface area (TPSA) is 0 Å². The van der Waals surface area contributed by atoms with Gasteiger partial charge in [-0.15, -0.1) is 0 Å². The summed E-state index contributed by atoms with van der Waals surface area (Å²) in [6.07, 6.45) is 4.77. The zero-order chi connectivity index (χ0) is 4.70. The third-order valence-corrected chi connectivity index (χ3v) is 3.71. The summed E-state index contributed by atoms with van der Waals surface area (Å²) in [5.74, 6) is 1.22. The standard InChI is InChI=1S/C7H10/c1-6-2-5-3-7(5,6)4-6/h5H,2-4H2,1H3. The number of hydrogen-bond donors (Lipinski definition) is 0. The molecule has 3 aliphatic rings. The number of rotatable bonds is 0. The molecule has 7 heavy (non-hydrogen) atoms. The third kappa shape index (κ3) is 0.132. The predicted molar refractivity (Wildman–Crippen MR) is 27.9 cm³/mol. The van der Waals surface area contributed by atoms with Gasteiger partial charge in [-0.1, -0.05) is 6.92 Å². The lowest BCUT2D eigenvalue weighted by atomic mass is 9.87. The van der Waals surface area contributed by atoms with E-state index >= 15 is 0 Å². The molecule has 0 saturated heterocycles. The SMILES string of the molecule is CC12CC3CC31C2. The predicted octanol–water partition coefficient (Wildman–Crippen LogP) is 1.81. The van der Waals surface area contributed by atoms with Gasteiger partial charge >= 0.3 is 0 Å². The average molecular weight is 94.2 g/mol. The highest BCUT2D eigenvalue weighted by molar-refractivity contribution is 5.34. The lowest BCUT2D eigenvalue weighted by Gasteiger charge is -2.17. The Morgan fingerprint density at radius 2 is 2.29 bits per heavy atom. The normalized spacial score (nSPS) is 81.0. The molecule has 0 nitrogen and oxygen atoms in total. The zero-order valence-corrected chi connectivity index (χ0v) is 4.70. The van der Waals surface area contributed by atoms with Crippen LogP contribution in [0.3, 0.4) is 0 Å². The molecule has 1 spiro atoms. The fourth-order valence-electron chi connectivity index (χ4n) is 2.94. The second kappa shape index (κ2) is 0.463. The Bertz CT molecular complexity index is 143. The van der Waals surface area contributed by atoms with Crippen molar-refractivity contribution in [3.05, 3.63) is 0 Å². The Labute approximate surface area is 43.9 Å². The monoisotopic (exact) mass is 94.1 g/mol. The highest BCUT2D eigenvalue weighted by atomic mass is 14.9. The van der Waals surface area contributed by atoms with E-state index in [0.29, 0.717) is 0 Å². The molecule has 3 unspecified atom stereocenters. The molecule has 3 aliphatic carbocycles. The minimum atomic E-state index is 0.900. The molecule has 0 aromatic rings. The van der Waals surface area contributed by atoms with Gasteiger partial charge < -0.3 is 0 Å². The molecule has 3 saturated carbocycles. The molecule has 38 valence electrons. The molecular formula is C7H10. The first-order valence-corrected chi connectivity index (χ1v) is 3.27. The molecular weight excluding hydrogens is 84.1 g/mol. The second-order valence-electron chi connectivity index (χ2n) is 4.00. The first-order valence-electron chi connectivity index (χ1n) is 3.27. The lowest BCUT2D eigenvalue weighted by Crippen LogP contribution is -2.10. The third-order valence-electron chi connectivity index (χ3n) is 3.71. The van der Waals surface area contributed by atoms with Gasteiger partial charge in [0.25, 0.3) is 0 Å². The zero-order valence-electron chi connectivity index (χ0n) is 4.70. The maximum atomic E-state index is 2.45. The molecule has 3 atom stereocenters. The van der Waals surface area contributed by atoms with Crippen molar-refractivity contribution >= 4 is 0 Å². The summed E-state index contributed by atoms with van der Waals surface area (Å²) in [5.41, 5.74) is 1.89. The Morgan fingerprint density at radius 3 is 2.29 bits per heavy atom. The summed E-state index contributed by atoms with van der Waals surface area (Å²) in [6.45, 7) is 2.45. The van der Waals surface area contributed by atoms with Crippen LogP contribution in [0.25, 0.3) is 0 Å². The van der Waals surface area contributed by atoms with E-state index in [0.717, 1.165) is 10.8 Å². The number of hydrogen-bond acceptors (Lipinski definition) is 0. The van der Waals surface area contributed by atoms with E-state index in [9.17, 15) is 0 Å². The fourth-order valence-corrected chi connectivity index (χ4v) is 2.94. The average Bonchev–Trinajstić information content (AvgIpc) is 2.27. The fraction of sp³-hybridized carbons (Fsp3) is 1.00. The van der Waals surface area contributed by atoms with E-state index in [1.54, 1.807) is 19.3 Å². The van der Waals surface area contributed by atoms with E-state index in [2.05, 4.69) is 6.92 Å². The summed E-state index contributed by atoms with van der Waals surface area (Å²) < 4.78 is 0. The minimum Gasteiger partial charge on any atom is -0.0591 e. The molecule has 0 radical (unpaired) electrons. The van der Waals surface area contributed by atoms with Crippen molar-refractivity contribution in [2.75, 3.05) is 0 Å². The summed E-state index contributed by atoms with van der Waals surface area (Å²) in [5, 5.41) is 0. The molecule has 0 aliphatic heterocycles. The molecule has 0 heteroatoms. The van der Waals surface area contributed by atoms with Gasteiger partial charge in [0.05, 0.1) is 0 Å². The maximum Gasteiger partial charge on any atom is -0.0206 e. The van der Waals surface area contributed by atoms with E-state index in [1.807, 2.05) is 0 Å². The largest absolute Gasteiger partial charge is 0.0591 e. The van der Waals surface area contributed by atoms with Crippen molar-refractivity contribution in [1.82, 2.24) is 0 Å². The molecule has 0 heterocycles. The lowest BCUT2D eigenvalue weighted by molar-refractivity contribution is 0.312. The highest BCUT2D eigenvalue weighted by Gasteiger charge is 2.85. The summed E-state index contributed by atoms with van der Waals surface area (Å²) in [7, 11) is 0. The van der Waals surface area contributed by atoms with Crippen molar-refractivity contribution in [2.45, 2.75) is 26.2 Å². The minimum absolute atomic E-state index is 0.900. The van der Waals surface area contributed by atoms with Gasteiger partial charge in [0.15, 0.2) is 0 Å². The van der Waals surface area contributed by atoms with E-state index < -0.39 is 0 Å². The van der Waals surface area contributed by atoms with Crippen LogP contribution in [0.1, 0.15) is 26.2 Å². The molecule has 0 aromatic heterocycles. The maximum absolute atomic E-state index is 2.45. The quantitative estimate of drug-likeness (QED) is 0.429. The van der Waals surface area contributed by atoms with Crippen molar-refractivity contribution in [2.24, 2.45) is 16.7 Å². The van der Waals surface area contributed by atoms with E-state index in [4.69, 9.17) is 0 Å². The summed E-state index contributed by atoms with van der Waals surface area (Å²) in [4.78, 5) is 0. The Morgan fingerprint density at radius 1 is 1.43 bits per heavy atom. The Hall–Kier alpha value is 0. The smallest absolute Gasteiger partial charge is 0.0206 e. The first kappa shape index (κ1) is 3.11. The van der Waals surface area contributed by atoms with Gasteiger partial charge in [-0.25, -0.2) is 0 Å². The van der Waals surface area contributed by atoms with Crippen LogP contribution in [0.5, 0.6) is 0 Å². The van der Waals surface area contributed by atoms with Crippen LogP contribution in [0.15, 0.2) is 0 Å². The van der Waals surface area contributed by atoms with Gasteiger partial charge in [-0.05, 0) is 36.0 Å². The Kier molecular flexibility index (Phi) is 0.206. The van der Waals surface area contributed by atoms with Crippen LogP contribution < -0.4 is 0 Å².